The monoisotopic (exact) mass is 700 g/mol. The first-order valence-corrected chi connectivity index (χ1v) is 8.36. The predicted octanol–water partition coefficient (Wildman–Crippen LogP) is 2.86. The summed E-state index contributed by atoms with van der Waals surface area (Å²) in [6.45, 7) is 0. The normalized spacial score (nSPS) is 18.3. The van der Waals surface area contributed by atoms with Gasteiger partial charge in [0.25, 0.3) is 0 Å². The molecular formula is C13HF24NaO4. The van der Waals surface area contributed by atoms with E-state index in [2.05, 4.69) is 0 Å². The third-order valence-electron chi connectivity index (χ3n) is 4.14. The average Bonchev–Trinajstić information content (AvgIpc) is 2.70. The average molecular weight is 700 g/mol. The van der Waals surface area contributed by atoms with Crippen LogP contribution >= 0.6 is 0 Å². The first-order valence-electron chi connectivity index (χ1n) is 8.36. The van der Waals surface area contributed by atoms with E-state index in [1.807, 2.05) is 0 Å². The number of carbonyl (C=O) groups excluding carboxylic acids is 1. The Labute approximate surface area is 233 Å². The Hall–Kier alpha value is -1.29. The molecule has 0 saturated carbocycles. The van der Waals surface area contributed by atoms with Crippen molar-refractivity contribution in [3.63, 3.8) is 0 Å². The molecule has 0 saturated heterocycles. The second-order valence-corrected chi connectivity index (χ2v) is 6.93. The maximum Gasteiger partial charge on any atom is 1.00 e. The van der Waals surface area contributed by atoms with Crippen molar-refractivity contribution < 1.29 is 154 Å². The van der Waals surface area contributed by atoms with Gasteiger partial charge in [-0.05, 0) is 0 Å². The largest absolute Gasteiger partial charge is 1.00 e. The van der Waals surface area contributed by atoms with E-state index < -0.39 is 78.3 Å². The smallest absolute Gasteiger partial charge is 0.544 e. The van der Waals surface area contributed by atoms with Crippen molar-refractivity contribution in [1.82, 2.24) is 0 Å². The number of aliphatic carboxylic acids is 1. The summed E-state index contributed by atoms with van der Waals surface area (Å²) in [7, 11) is 0. The second kappa shape index (κ2) is 11.3. The fraction of sp³-hybridized carbons (Fsp3) is 0.923. The Morgan fingerprint density at radius 1 is 0.500 bits per heavy atom. The van der Waals surface area contributed by atoms with Gasteiger partial charge in [-0.15, -0.1) is 0 Å². The number of alkyl halides is 24. The van der Waals surface area contributed by atoms with E-state index in [-0.39, 0.29) is 29.6 Å². The van der Waals surface area contributed by atoms with Crippen LogP contribution in [0.15, 0.2) is 0 Å². The van der Waals surface area contributed by atoms with Crippen LogP contribution in [0.2, 0.25) is 0 Å². The van der Waals surface area contributed by atoms with E-state index in [9.17, 15) is 115 Å². The van der Waals surface area contributed by atoms with Crippen molar-refractivity contribution in [3.05, 3.63) is 0 Å². The van der Waals surface area contributed by atoms with Crippen LogP contribution in [-0.2, 0) is 14.3 Å². The Morgan fingerprint density at radius 3 is 1.10 bits per heavy atom. The zero-order valence-corrected chi connectivity index (χ0v) is 20.3. The predicted molar refractivity (Wildman–Crippen MR) is 67.6 cm³/mol. The maximum atomic E-state index is 13.9. The first-order chi connectivity index (χ1) is 17.3. The Kier molecular flexibility index (Phi) is 11.5. The molecule has 0 heterocycles. The fourth-order valence-electron chi connectivity index (χ4n) is 1.90. The van der Waals surface area contributed by atoms with Crippen LogP contribution in [0.25, 0.3) is 0 Å². The summed E-state index contributed by atoms with van der Waals surface area (Å²) in [6.07, 6.45) is -39.8. The van der Waals surface area contributed by atoms with Crippen LogP contribution in [0, 0.1) is 0 Å². The number of carbonyl (C=O) groups is 1. The van der Waals surface area contributed by atoms with Crippen molar-refractivity contribution >= 4 is 5.97 Å². The van der Waals surface area contributed by atoms with Crippen LogP contribution in [0.3, 0.4) is 0 Å². The summed E-state index contributed by atoms with van der Waals surface area (Å²) in [5, 5.41) is 10.1. The molecule has 0 aliphatic rings. The molecule has 42 heavy (non-hydrogen) atoms. The van der Waals surface area contributed by atoms with Crippen molar-refractivity contribution in [2.24, 2.45) is 0 Å². The summed E-state index contributed by atoms with van der Waals surface area (Å²) in [6, 6.07) is 0. The van der Waals surface area contributed by atoms with Gasteiger partial charge >= 0.3 is 102 Å². The molecule has 0 aliphatic heterocycles. The molecule has 0 N–H and O–H groups in total. The van der Waals surface area contributed by atoms with Gasteiger partial charge in [0.1, 0.15) is 5.97 Å². The molecule has 0 aromatic heterocycles. The van der Waals surface area contributed by atoms with E-state index in [1.165, 1.54) is 4.74 Å². The van der Waals surface area contributed by atoms with Gasteiger partial charge < -0.3 is 9.90 Å². The van der Waals surface area contributed by atoms with E-state index >= 15 is 0 Å². The minimum atomic E-state index is -9.20. The number of hydrogen-bond donors (Lipinski definition) is 0. The van der Waals surface area contributed by atoms with Gasteiger partial charge in [-0.3, -0.25) is 9.47 Å². The van der Waals surface area contributed by atoms with Gasteiger partial charge in [0.15, 0.2) is 0 Å². The zero-order valence-electron chi connectivity index (χ0n) is 18.3. The van der Waals surface area contributed by atoms with Crippen LogP contribution in [-0.4, -0.2) is 78.3 Å². The Bertz CT molecular complexity index is 972. The molecule has 0 radical (unpaired) electrons. The summed E-state index contributed by atoms with van der Waals surface area (Å²) >= 11 is 0. The molecule has 29 heteroatoms. The number of ether oxygens (including phenoxy) is 2. The third-order valence-corrected chi connectivity index (χ3v) is 4.14. The van der Waals surface area contributed by atoms with E-state index in [0.29, 0.717) is 0 Å². The molecule has 0 aromatic carbocycles. The minimum absolute atomic E-state index is 0. The quantitative estimate of drug-likeness (QED) is 0.233. The van der Waals surface area contributed by atoms with Crippen LogP contribution in [0.5, 0.6) is 0 Å². The van der Waals surface area contributed by atoms with Crippen molar-refractivity contribution in [2.45, 2.75) is 72.3 Å². The summed E-state index contributed by atoms with van der Waals surface area (Å²) in [5.74, 6) is -64.9. The van der Waals surface area contributed by atoms with Gasteiger partial charge in [-0.1, -0.05) is 0 Å². The van der Waals surface area contributed by atoms with Gasteiger partial charge in [0, 0.05) is 0 Å². The molecule has 0 fully saturated rings. The molecular weight excluding hydrogens is 699 g/mol. The van der Waals surface area contributed by atoms with Crippen molar-refractivity contribution in [2.75, 3.05) is 0 Å². The van der Waals surface area contributed by atoms with E-state index in [4.69, 9.17) is 0 Å². The van der Waals surface area contributed by atoms with Crippen LogP contribution in [0.4, 0.5) is 105 Å². The zero-order chi connectivity index (χ0) is 34.1. The van der Waals surface area contributed by atoms with E-state index in [0.717, 1.165) is 4.74 Å². The van der Waals surface area contributed by atoms with Crippen LogP contribution < -0.4 is 34.7 Å². The molecule has 0 aromatic rings. The third kappa shape index (κ3) is 6.14. The fourth-order valence-corrected chi connectivity index (χ4v) is 1.90. The molecule has 0 amide bonds. The minimum Gasteiger partial charge on any atom is -0.544 e. The number of rotatable bonds is 12. The van der Waals surface area contributed by atoms with Crippen molar-refractivity contribution in [3.8, 4) is 0 Å². The standard InChI is InChI=1S/C13H2F24O4.Na/c14-1(15)3(16,17)5(19,20)6(21,22)7(23,24)8(25,26)12(34,35)41-9(27,11(31,32)33)13(36,37)40-4(18,2(38)39)10(28,29)30;/h1H,(H,38,39);/q;+1/p-1. The first kappa shape index (κ1) is 42.8. The summed E-state index contributed by atoms with van der Waals surface area (Å²) in [4.78, 5) is 10.1. The number of carboxylic acid groups (broad SMARTS) is 1. The van der Waals surface area contributed by atoms with E-state index in [1.54, 1.807) is 0 Å². The molecule has 2 atom stereocenters. The molecule has 0 spiro atoms. The molecule has 0 bridgehead atoms. The molecule has 4 nitrogen and oxygen atoms in total. The molecule has 0 aliphatic carbocycles. The Balaban J connectivity index is 0. The van der Waals surface area contributed by atoms with Gasteiger partial charge in [0.05, 0.1) is 0 Å². The van der Waals surface area contributed by atoms with Gasteiger partial charge in [-0.25, -0.2) is 8.78 Å². The number of halogens is 24. The number of carboxylic acids is 1. The van der Waals surface area contributed by atoms with Crippen LogP contribution in [0.1, 0.15) is 0 Å². The molecule has 0 rings (SSSR count). The second-order valence-electron chi connectivity index (χ2n) is 6.93. The van der Waals surface area contributed by atoms with Gasteiger partial charge in [-0.2, -0.15) is 96.6 Å². The molecule has 246 valence electrons. The molecule has 2 unspecified atom stereocenters. The summed E-state index contributed by atoms with van der Waals surface area (Å²) < 4.78 is 314. The number of hydrogen-bond acceptors (Lipinski definition) is 4. The SMILES string of the molecule is O=C([O-])C(F)(OC(F)(F)C(F)(OC(F)(F)C(F)(F)C(F)(F)C(F)(F)C(F)(F)C(F)(F)C(F)F)C(F)(F)F)C(F)(F)F.[Na+]. The topological polar surface area (TPSA) is 58.6 Å². The Morgan fingerprint density at radius 2 is 0.833 bits per heavy atom. The van der Waals surface area contributed by atoms with Crippen molar-refractivity contribution in [1.29, 1.82) is 0 Å². The van der Waals surface area contributed by atoms with Gasteiger partial charge in [0.2, 0.25) is 0 Å². The summed E-state index contributed by atoms with van der Waals surface area (Å²) in [5.41, 5.74) is 0. The maximum absolute atomic E-state index is 13.9.